The predicted octanol–water partition coefficient (Wildman–Crippen LogP) is 2.40. The van der Waals surface area contributed by atoms with E-state index in [1.165, 1.54) is 0 Å². The van der Waals surface area contributed by atoms with Crippen molar-refractivity contribution in [3.05, 3.63) is 63.4 Å². The largest absolute Gasteiger partial charge is 0.497 e. The molecule has 29 heavy (non-hydrogen) atoms. The maximum Gasteiger partial charge on any atom is 0.259 e. The zero-order valence-corrected chi connectivity index (χ0v) is 16.6. The normalized spacial score (nSPS) is 12.4. The molecule has 150 valence electrons. The van der Waals surface area contributed by atoms with Gasteiger partial charge >= 0.3 is 0 Å². The molecule has 6 nitrogen and oxygen atoms in total. The van der Waals surface area contributed by atoms with Crippen LogP contribution in [-0.2, 0) is 30.8 Å². The van der Waals surface area contributed by atoms with Crippen LogP contribution in [0.5, 0.6) is 5.75 Å². The third kappa shape index (κ3) is 3.29. The molecule has 0 spiro atoms. The minimum atomic E-state index is -0.0597. The smallest absolute Gasteiger partial charge is 0.259 e. The van der Waals surface area contributed by atoms with Gasteiger partial charge in [0.15, 0.2) is 0 Å². The van der Waals surface area contributed by atoms with Gasteiger partial charge in [-0.1, -0.05) is 18.2 Å². The van der Waals surface area contributed by atoms with E-state index in [0.29, 0.717) is 30.5 Å². The molecule has 0 atom stereocenters. The van der Waals surface area contributed by atoms with Gasteiger partial charge in [0.05, 0.1) is 24.8 Å². The summed E-state index contributed by atoms with van der Waals surface area (Å²) in [6.07, 6.45) is 1.59. The maximum atomic E-state index is 13.3. The molecule has 0 saturated heterocycles. The first-order valence-corrected chi connectivity index (χ1v) is 9.74. The molecule has 4 rings (SSSR count). The van der Waals surface area contributed by atoms with Gasteiger partial charge in [-0.15, -0.1) is 0 Å². The number of hydrogen-bond donors (Lipinski definition) is 2. The summed E-state index contributed by atoms with van der Waals surface area (Å²) in [5.74, 6) is 0.586. The molecule has 2 N–H and O–H groups in total. The van der Waals surface area contributed by atoms with Crippen LogP contribution < -0.4 is 15.6 Å². The first-order chi connectivity index (χ1) is 14.1. The number of ether oxygens (including phenoxy) is 1. The Kier molecular flexibility index (Phi) is 5.11. The number of amides is 1. The second-order valence-electron chi connectivity index (χ2n) is 7.27. The van der Waals surface area contributed by atoms with Crippen molar-refractivity contribution in [2.24, 2.45) is 0 Å². The van der Waals surface area contributed by atoms with Gasteiger partial charge < -0.3 is 19.7 Å². The number of methoxy groups -OCH3 is 1. The summed E-state index contributed by atoms with van der Waals surface area (Å²) in [5, 5.41) is 13.7. The number of benzene rings is 2. The summed E-state index contributed by atoms with van der Waals surface area (Å²) in [6, 6.07) is 11.4. The Morgan fingerprint density at radius 1 is 1.21 bits per heavy atom. The highest BCUT2D eigenvalue weighted by atomic mass is 16.5. The number of aliphatic hydroxyl groups excluding tert-OH is 1. The van der Waals surface area contributed by atoms with Crippen LogP contribution in [0.2, 0.25) is 0 Å². The van der Waals surface area contributed by atoms with Crippen molar-refractivity contribution in [1.29, 1.82) is 0 Å². The number of carbonyl (C=O) groups excluding carboxylic acids is 1. The highest BCUT2D eigenvalue weighted by molar-refractivity contribution is 5.92. The van der Waals surface area contributed by atoms with E-state index in [9.17, 15) is 14.7 Å². The van der Waals surface area contributed by atoms with E-state index in [4.69, 9.17) is 4.74 Å². The Hall–Kier alpha value is -3.12. The molecule has 1 aliphatic heterocycles. The molecule has 1 aliphatic rings. The molecule has 0 fully saturated rings. The van der Waals surface area contributed by atoms with Crippen molar-refractivity contribution in [3.8, 4) is 17.0 Å². The van der Waals surface area contributed by atoms with Crippen molar-refractivity contribution in [3.63, 3.8) is 0 Å². The molecule has 3 aromatic rings. The summed E-state index contributed by atoms with van der Waals surface area (Å²) in [5.41, 5.74) is 4.68. The molecular weight excluding hydrogens is 368 g/mol. The SMILES string of the molecule is CNC(=O)CCc1c2n(c(=O)c3cc(OC)ccc13)CCc1ccc(CO)cc1-2. The fourth-order valence-electron chi connectivity index (χ4n) is 4.16. The van der Waals surface area contributed by atoms with E-state index in [-0.39, 0.29) is 18.1 Å². The lowest BCUT2D eigenvalue weighted by Crippen LogP contribution is -2.28. The van der Waals surface area contributed by atoms with Crippen LogP contribution in [0.4, 0.5) is 0 Å². The predicted molar refractivity (Wildman–Crippen MR) is 112 cm³/mol. The molecule has 1 amide bonds. The molecule has 6 heteroatoms. The van der Waals surface area contributed by atoms with Crippen molar-refractivity contribution < 1.29 is 14.6 Å². The minimum absolute atomic E-state index is 0.0447. The molecule has 0 radical (unpaired) electrons. The lowest BCUT2D eigenvalue weighted by atomic mass is 9.89. The molecule has 2 heterocycles. The average molecular weight is 392 g/mol. The van der Waals surface area contributed by atoms with Crippen molar-refractivity contribution in [1.82, 2.24) is 9.88 Å². The van der Waals surface area contributed by atoms with Gasteiger partial charge in [0.1, 0.15) is 5.75 Å². The van der Waals surface area contributed by atoms with Gasteiger partial charge in [0.25, 0.3) is 5.56 Å². The van der Waals surface area contributed by atoms with E-state index in [1.807, 2.05) is 34.9 Å². The van der Waals surface area contributed by atoms with E-state index >= 15 is 0 Å². The highest BCUT2D eigenvalue weighted by Gasteiger charge is 2.24. The molecule has 0 saturated carbocycles. The van der Waals surface area contributed by atoms with E-state index in [0.717, 1.165) is 39.8 Å². The lowest BCUT2D eigenvalue weighted by Gasteiger charge is -2.26. The van der Waals surface area contributed by atoms with Crippen LogP contribution in [0, 0.1) is 0 Å². The monoisotopic (exact) mass is 392 g/mol. The van der Waals surface area contributed by atoms with Crippen LogP contribution >= 0.6 is 0 Å². The Balaban J connectivity index is 2.03. The van der Waals surface area contributed by atoms with Crippen molar-refractivity contribution >= 4 is 16.7 Å². The van der Waals surface area contributed by atoms with E-state index < -0.39 is 0 Å². The standard InChI is InChI=1S/C23H24N2O4/c1-24-21(27)8-7-18-17-6-5-16(29-2)12-20(17)23(28)25-10-9-15-4-3-14(13-26)11-19(15)22(18)25/h3-6,11-12,26H,7-10,13H2,1-2H3,(H,24,27). The number of pyridine rings is 1. The first kappa shape index (κ1) is 19.2. The number of nitrogens with zero attached hydrogens (tertiary/aromatic N) is 1. The van der Waals surface area contributed by atoms with Crippen molar-refractivity contribution in [2.75, 3.05) is 14.2 Å². The number of fused-ring (bicyclic) bond motifs is 4. The number of rotatable bonds is 5. The fourth-order valence-corrected chi connectivity index (χ4v) is 4.16. The van der Waals surface area contributed by atoms with E-state index in [2.05, 4.69) is 5.32 Å². The van der Waals surface area contributed by atoms with Gasteiger partial charge in [0, 0.05) is 25.6 Å². The molecule has 2 aromatic carbocycles. The van der Waals surface area contributed by atoms with Crippen LogP contribution in [0.3, 0.4) is 0 Å². The van der Waals surface area contributed by atoms with Crippen LogP contribution in [-0.4, -0.2) is 29.7 Å². The third-order valence-electron chi connectivity index (χ3n) is 5.68. The molecule has 1 aromatic heterocycles. The Morgan fingerprint density at radius 3 is 2.76 bits per heavy atom. The Bertz CT molecular complexity index is 1160. The number of carbonyl (C=O) groups is 1. The average Bonchev–Trinajstić information content (AvgIpc) is 2.77. The van der Waals surface area contributed by atoms with Crippen molar-refractivity contribution in [2.45, 2.75) is 32.4 Å². The Labute approximate surface area is 168 Å². The molecular formula is C23H24N2O4. The lowest BCUT2D eigenvalue weighted by molar-refractivity contribution is -0.120. The summed E-state index contributed by atoms with van der Waals surface area (Å²) < 4.78 is 7.13. The zero-order chi connectivity index (χ0) is 20.5. The second-order valence-corrected chi connectivity index (χ2v) is 7.27. The highest BCUT2D eigenvalue weighted by Crippen LogP contribution is 2.36. The number of nitrogens with one attached hydrogen (secondary N) is 1. The molecule has 0 bridgehead atoms. The van der Waals surface area contributed by atoms with Crippen LogP contribution in [0.25, 0.3) is 22.0 Å². The quantitative estimate of drug-likeness (QED) is 0.699. The van der Waals surface area contributed by atoms with Crippen LogP contribution in [0.15, 0.2) is 41.2 Å². The molecule has 0 aliphatic carbocycles. The van der Waals surface area contributed by atoms with Gasteiger partial charge in [-0.2, -0.15) is 0 Å². The maximum absolute atomic E-state index is 13.3. The van der Waals surface area contributed by atoms with Gasteiger partial charge in [0.2, 0.25) is 5.91 Å². The first-order valence-electron chi connectivity index (χ1n) is 9.74. The van der Waals surface area contributed by atoms with Gasteiger partial charge in [-0.05, 0) is 53.1 Å². The van der Waals surface area contributed by atoms with Crippen LogP contribution in [0.1, 0.15) is 23.1 Å². The summed E-state index contributed by atoms with van der Waals surface area (Å²) >= 11 is 0. The van der Waals surface area contributed by atoms with Gasteiger partial charge in [-0.3, -0.25) is 9.59 Å². The number of aromatic nitrogens is 1. The topological polar surface area (TPSA) is 80.6 Å². The second kappa shape index (κ2) is 7.72. The summed E-state index contributed by atoms with van der Waals surface area (Å²) in [7, 11) is 3.20. The zero-order valence-electron chi connectivity index (χ0n) is 16.6. The number of aryl methyl sites for hydroxylation is 2. The summed E-state index contributed by atoms with van der Waals surface area (Å²) in [6.45, 7) is 0.523. The molecule has 0 unspecified atom stereocenters. The summed E-state index contributed by atoms with van der Waals surface area (Å²) in [4.78, 5) is 25.3. The third-order valence-corrected chi connectivity index (χ3v) is 5.68. The fraction of sp³-hybridized carbons (Fsp3) is 0.304. The van der Waals surface area contributed by atoms with Gasteiger partial charge in [-0.25, -0.2) is 0 Å². The Morgan fingerprint density at radius 2 is 2.03 bits per heavy atom. The number of aliphatic hydroxyl groups is 1. The number of hydrogen-bond acceptors (Lipinski definition) is 4. The minimum Gasteiger partial charge on any atom is -0.497 e. The van der Waals surface area contributed by atoms with E-state index in [1.54, 1.807) is 20.2 Å².